The van der Waals surface area contributed by atoms with Crippen molar-refractivity contribution in [2.24, 2.45) is 0 Å². The monoisotopic (exact) mass is 325 g/mol. The topological polar surface area (TPSA) is 67.6 Å². The summed E-state index contributed by atoms with van der Waals surface area (Å²) in [5.41, 5.74) is 9.64. The number of hydrogen-bond donors (Lipinski definition) is 2. The molecule has 1 amide bonds. The Kier molecular flexibility index (Phi) is 5.33. The molecule has 1 heterocycles. The van der Waals surface area contributed by atoms with Crippen molar-refractivity contribution in [1.82, 2.24) is 5.32 Å². The Morgan fingerprint density at radius 2 is 1.79 bits per heavy atom. The summed E-state index contributed by atoms with van der Waals surface area (Å²) in [5.74, 6) is 0.0107. The lowest BCUT2D eigenvalue weighted by molar-refractivity contribution is -0.120. The van der Waals surface area contributed by atoms with Gasteiger partial charge in [0.1, 0.15) is 0 Å². The summed E-state index contributed by atoms with van der Waals surface area (Å²) >= 11 is 0. The van der Waals surface area contributed by atoms with Gasteiger partial charge in [-0.25, -0.2) is 0 Å². The molecule has 0 aromatic heterocycles. The van der Waals surface area contributed by atoms with Crippen LogP contribution in [0.4, 0.5) is 11.4 Å². The number of benzene rings is 2. The minimum Gasteiger partial charge on any atom is -0.399 e. The zero-order valence-corrected chi connectivity index (χ0v) is 13.7. The summed E-state index contributed by atoms with van der Waals surface area (Å²) in [6.45, 7) is 3.80. The van der Waals surface area contributed by atoms with E-state index in [0.717, 1.165) is 37.4 Å². The SMILES string of the molecule is Nc1ccc(CC(=O)NCc2ccccc2N2CCOCC2)cc1. The standard InChI is InChI=1S/C19H23N3O2/c20-17-7-5-15(6-8-17)13-19(23)21-14-16-3-1-2-4-18(16)22-9-11-24-12-10-22/h1-8H,9-14,20H2,(H,21,23). The first-order chi connectivity index (χ1) is 11.7. The molecule has 0 bridgehead atoms. The van der Waals surface area contributed by atoms with E-state index in [1.54, 1.807) is 0 Å². The van der Waals surface area contributed by atoms with Gasteiger partial charge in [0.25, 0.3) is 0 Å². The van der Waals surface area contributed by atoms with Crippen LogP contribution in [0.25, 0.3) is 0 Å². The van der Waals surface area contributed by atoms with Crippen molar-refractivity contribution in [2.45, 2.75) is 13.0 Å². The molecule has 1 aliphatic rings. The van der Waals surface area contributed by atoms with Crippen molar-refractivity contribution < 1.29 is 9.53 Å². The van der Waals surface area contributed by atoms with E-state index in [-0.39, 0.29) is 5.91 Å². The highest BCUT2D eigenvalue weighted by Gasteiger charge is 2.14. The van der Waals surface area contributed by atoms with Crippen molar-refractivity contribution in [3.8, 4) is 0 Å². The van der Waals surface area contributed by atoms with Crippen LogP contribution in [0.15, 0.2) is 48.5 Å². The maximum Gasteiger partial charge on any atom is 0.224 e. The van der Waals surface area contributed by atoms with Crippen LogP contribution in [0.2, 0.25) is 0 Å². The lowest BCUT2D eigenvalue weighted by Gasteiger charge is -2.30. The molecule has 0 saturated carbocycles. The molecule has 1 aliphatic heterocycles. The molecule has 3 rings (SSSR count). The van der Waals surface area contributed by atoms with Gasteiger partial charge in [0.05, 0.1) is 19.6 Å². The summed E-state index contributed by atoms with van der Waals surface area (Å²) in [6.07, 6.45) is 0.361. The van der Waals surface area contributed by atoms with Crippen LogP contribution in [0, 0.1) is 0 Å². The third kappa shape index (κ3) is 4.26. The number of nitrogens with two attached hydrogens (primary N) is 1. The maximum absolute atomic E-state index is 12.2. The summed E-state index contributed by atoms with van der Waals surface area (Å²) in [4.78, 5) is 14.5. The van der Waals surface area contributed by atoms with Gasteiger partial charge < -0.3 is 20.7 Å². The average molecular weight is 325 g/mol. The van der Waals surface area contributed by atoms with Gasteiger partial charge in [0.15, 0.2) is 0 Å². The van der Waals surface area contributed by atoms with E-state index in [4.69, 9.17) is 10.5 Å². The third-order valence-corrected chi connectivity index (χ3v) is 4.16. The van der Waals surface area contributed by atoms with Crippen LogP contribution in [0.3, 0.4) is 0 Å². The van der Waals surface area contributed by atoms with Crippen molar-refractivity contribution in [3.05, 3.63) is 59.7 Å². The van der Waals surface area contributed by atoms with Gasteiger partial charge >= 0.3 is 0 Å². The Morgan fingerprint density at radius 3 is 2.54 bits per heavy atom. The number of hydrogen-bond acceptors (Lipinski definition) is 4. The number of amides is 1. The first-order valence-corrected chi connectivity index (χ1v) is 8.24. The summed E-state index contributed by atoms with van der Waals surface area (Å²) in [7, 11) is 0. The Hall–Kier alpha value is -2.53. The van der Waals surface area contributed by atoms with Crippen molar-refractivity contribution in [2.75, 3.05) is 36.9 Å². The molecule has 1 saturated heterocycles. The van der Waals surface area contributed by atoms with Crippen LogP contribution in [-0.4, -0.2) is 32.2 Å². The van der Waals surface area contributed by atoms with E-state index in [1.807, 2.05) is 36.4 Å². The maximum atomic E-state index is 12.2. The van der Waals surface area contributed by atoms with Crippen LogP contribution in [0.5, 0.6) is 0 Å². The van der Waals surface area contributed by atoms with Crippen LogP contribution < -0.4 is 16.0 Å². The number of carbonyl (C=O) groups excluding carboxylic acids is 1. The normalized spacial score (nSPS) is 14.4. The van der Waals surface area contributed by atoms with Gasteiger partial charge in [0, 0.05) is 31.0 Å². The van der Waals surface area contributed by atoms with Crippen molar-refractivity contribution in [1.29, 1.82) is 0 Å². The lowest BCUT2D eigenvalue weighted by atomic mass is 10.1. The number of nitrogen functional groups attached to an aromatic ring is 1. The highest BCUT2D eigenvalue weighted by atomic mass is 16.5. The largest absolute Gasteiger partial charge is 0.399 e. The molecule has 2 aromatic rings. The summed E-state index contributed by atoms with van der Waals surface area (Å²) in [6, 6.07) is 15.6. The first-order valence-electron chi connectivity index (χ1n) is 8.24. The lowest BCUT2D eigenvalue weighted by Crippen LogP contribution is -2.37. The van der Waals surface area contributed by atoms with Crippen molar-refractivity contribution in [3.63, 3.8) is 0 Å². The smallest absolute Gasteiger partial charge is 0.224 e. The van der Waals surface area contributed by atoms with Crippen LogP contribution in [0.1, 0.15) is 11.1 Å². The van der Waals surface area contributed by atoms with E-state index in [2.05, 4.69) is 22.3 Å². The third-order valence-electron chi connectivity index (χ3n) is 4.16. The molecule has 0 spiro atoms. The van der Waals surface area contributed by atoms with E-state index >= 15 is 0 Å². The Bertz CT molecular complexity index is 679. The number of nitrogens with zero attached hydrogens (tertiary/aromatic N) is 1. The van der Waals surface area contributed by atoms with Crippen LogP contribution in [-0.2, 0) is 22.5 Å². The average Bonchev–Trinajstić information content (AvgIpc) is 2.63. The van der Waals surface area contributed by atoms with E-state index in [1.165, 1.54) is 5.69 Å². The fourth-order valence-electron chi connectivity index (χ4n) is 2.85. The summed E-state index contributed by atoms with van der Waals surface area (Å²) < 4.78 is 5.41. The Morgan fingerprint density at radius 1 is 1.08 bits per heavy atom. The molecule has 0 unspecified atom stereocenters. The molecule has 24 heavy (non-hydrogen) atoms. The molecule has 5 nitrogen and oxygen atoms in total. The zero-order chi connectivity index (χ0) is 16.8. The zero-order valence-electron chi connectivity index (χ0n) is 13.7. The number of para-hydroxylation sites is 1. The number of carbonyl (C=O) groups is 1. The minimum atomic E-state index is 0.0107. The summed E-state index contributed by atoms with van der Waals surface area (Å²) in [5, 5.41) is 3.01. The number of rotatable bonds is 5. The molecular weight excluding hydrogens is 302 g/mol. The highest BCUT2D eigenvalue weighted by molar-refractivity contribution is 5.78. The van der Waals surface area contributed by atoms with Gasteiger partial charge in [-0.1, -0.05) is 30.3 Å². The van der Waals surface area contributed by atoms with Gasteiger partial charge in [-0.2, -0.15) is 0 Å². The first kappa shape index (κ1) is 16.3. The second kappa shape index (κ2) is 7.84. The number of morpholine rings is 1. The predicted octanol–water partition coefficient (Wildman–Crippen LogP) is 1.96. The Balaban J connectivity index is 1.59. The molecule has 5 heteroatoms. The van der Waals surface area contributed by atoms with Gasteiger partial charge in [-0.05, 0) is 29.3 Å². The Labute approximate surface area is 142 Å². The number of nitrogens with one attached hydrogen (secondary N) is 1. The minimum absolute atomic E-state index is 0.0107. The molecule has 1 fully saturated rings. The van der Waals surface area contributed by atoms with E-state index in [0.29, 0.717) is 18.7 Å². The molecule has 0 radical (unpaired) electrons. The number of anilines is 2. The van der Waals surface area contributed by atoms with E-state index < -0.39 is 0 Å². The molecule has 0 aliphatic carbocycles. The molecule has 3 N–H and O–H groups in total. The molecular formula is C19H23N3O2. The van der Waals surface area contributed by atoms with Gasteiger partial charge in [-0.3, -0.25) is 4.79 Å². The molecule has 0 atom stereocenters. The highest BCUT2D eigenvalue weighted by Crippen LogP contribution is 2.21. The molecule has 2 aromatic carbocycles. The fraction of sp³-hybridized carbons (Fsp3) is 0.316. The second-order valence-electron chi connectivity index (χ2n) is 5.92. The van der Waals surface area contributed by atoms with Crippen molar-refractivity contribution >= 4 is 17.3 Å². The quantitative estimate of drug-likeness (QED) is 0.825. The van der Waals surface area contributed by atoms with E-state index in [9.17, 15) is 4.79 Å². The van der Waals surface area contributed by atoms with Gasteiger partial charge in [-0.15, -0.1) is 0 Å². The molecule has 126 valence electrons. The number of ether oxygens (including phenoxy) is 1. The predicted molar refractivity (Wildman–Crippen MR) is 95.9 cm³/mol. The van der Waals surface area contributed by atoms with Gasteiger partial charge in [0.2, 0.25) is 5.91 Å². The second-order valence-corrected chi connectivity index (χ2v) is 5.92. The fourth-order valence-corrected chi connectivity index (χ4v) is 2.85. The van der Waals surface area contributed by atoms with Crippen LogP contribution >= 0.6 is 0 Å².